The molecule has 0 bridgehead atoms. The van der Waals surface area contributed by atoms with Crippen LogP contribution in [0.4, 0.5) is 4.79 Å². The molecule has 1 amide bonds. The Hall–Kier alpha value is -1.30. The van der Waals surface area contributed by atoms with E-state index in [0.717, 1.165) is 0 Å². The average molecular weight is 289 g/mol. The lowest BCUT2D eigenvalue weighted by atomic mass is 10.2. The molecule has 0 aliphatic carbocycles. The molecule has 1 heterocycles. The largest absolute Gasteiger partial charge is 0.465 e. The van der Waals surface area contributed by atoms with Crippen LogP contribution in [-0.2, 0) is 0 Å². The van der Waals surface area contributed by atoms with Crippen molar-refractivity contribution in [2.24, 2.45) is 0 Å². The summed E-state index contributed by atoms with van der Waals surface area (Å²) < 4.78 is 0. The third kappa shape index (κ3) is 8.42. The van der Waals surface area contributed by atoms with Crippen molar-refractivity contribution in [2.45, 2.75) is 6.04 Å². The number of nitrogens with zero attached hydrogens (tertiary/aromatic N) is 1. The van der Waals surface area contributed by atoms with E-state index in [0.29, 0.717) is 19.6 Å². The molecule has 0 radical (unpaired) electrons. The van der Waals surface area contributed by atoms with Gasteiger partial charge in [-0.15, -0.1) is 11.6 Å². The molecule has 1 fully saturated rings. The van der Waals surface area contributed by atoms with Gasteiger partial charge < -0.3 is 20.4 Å². The van der Waals surface area contributed by atoms with E-state index in [-0.39, 0.29) is 12.6 Å². The number of nitrogens with one attached hydrogen (secondary N) is 1. The molecule has 1 aromatic rings. The Morgan fingerprint density at radius 3 is 2.11 bits per heavy atom. The molecule has 19 heavy (non-hydrogen) atoms. The first-order valence-corrected chi connectivity index (χ1v) is 6.69. The van der Waals surface area contributed by atoms with Gasteiger partial charge >= 0.3 is 6.09 Å². The molecule has 1 aliphatic heterocycles. The molecule has 1 atom stereocenters. The molecule has 3 N–H and O–H groups in total. The number of alkyl halides is 1. The Balaban J connectivity index is 0.000000341. The highest BCUT2D eigenvalue weighted by molar-refractivity contribution is 6.15. The Morgan fingerprint density at radius 1 is 1.26 bits per heavy atom. The summed E-state index contributed by atoms with van der Waals surface area (Å²) in [5, 5.41) is 20.3. The zero-order chi connectivity index (χ0) is 14.5. The van der Waals surface area contributed by atoms with E-state index in [4.69, 9.17) is 10.2 Å². The second-order valence-corrected chi connectivity index (χ2v) is 3.72. The quantitative estimate of drug-likeness (QED) is 0.684. The predicted octanol–water partition coefficient (Wildman–Crippen LogP) is 1.47. The number of carboxylic acid groups (broad SMARTS) is 1. The van der Waals surface area contributed by atoms with Gasteiger partial charge in [-0.1, -0.05) is 36.4 Å². The molecule has 0 aromatic heterocycles. The van der Waals surface area contributed by atoms with Gasteiger partial charge in [0.05, 0.1) is 6.61 Å². The second-order valence-electron chi connectivity index (χ2n) is 3.72. The fourth-order valence-corrected chi connectivity index (χ4v) is 1.51. The van der Waals surface area contributed by atoms with E-state index in [1.807, 2.05) is 36.4 Å². The summed E-state index contributed by atoms with van der Waals surface area (Å²) in [5.74, 6) is 0. The summed E-state index contributed by atoms with van der Waals surface area (Å²) in [7, 11) is 0. The molecular weight excluding hydrogens is 268 g/mol. The number of benzene rings is 1. The highest BCUT2D eigenvalue weighted by atomic mass is 35.5. The van der Waals surface area contributed by atoms with Crippen LogP contribution in [0.2, 0.25) is 0 Å². The number of rotatable bonds is 1. The first-order chi connectivity index (χ1) is 9.24. The third-order valence-electron chi connectivity index (χ3n) is 2.41. The number of carbonyl (C=O) groups is 1. The summed E-state index contributed by atoms with van der Waals surface area (Å²) in [6.45, 7) is 1.50. The van der Waals surface area contributed by atoms with E-state index in [9.17, 15) is 4.79 Å². The highest BCUT2D eigenvalue weighted by Crippen LogP contribution is 1.98. The lowest BCUT2D eigenvalue weighted by Gasteiger charge is -2.30. The normalized spacial score (nSPS) is 17.4. The van der Waals surface area contributed by atoms with Gasteiger partial charge in [-0.3, -0.25) is 0 Å². The summed E-state index contributed by atoms with van der Waals surface area (Å²) in [6, 6.07) is 11.9. The number of aliphatic hydroxyl groups is 1. The Bertz CT molecular complexity index is 298. The van der Waals surface area contributed by atoms with Crippen LogP contribution in [0.1, 0.15) is 0 Å². The van der Waals surface area contributed by atoms with Gasteiger partial charge in [-0.25, -0.2) is 4.79 Å². The standard InChI is InChI=1S/C6H12N2O3.C6H6.CH3Cl/c9-4-5-3-8(6(10)11)2-1-7-5;1-2-4-6-5-3-1;1-2/h5,7,9H,1-4H2,(H,10,11);1-6H;1H3/t5-;;/m0../s1. The third-order valence-corrected chi connectivity index (χ3v) is 2.41. The molecule has 2 rings (SSSR count). The van der Waals surface area contributed by atoms with Crippen LogP contribution in [0.15, 0.2) is 36.4 Å². The van der Waals surface area contributed by atoms with E-state index in [2.05, 4.69) is 16.9 Å². The molecule has 5 nitrogen and oxygen atoms in total. The minimum atomic E-state index is -0.912. The van der Waals surface area contributed by atoms with Gasteiger partial charge in [-0.2, -0.15) is 0 Å². The van der Waals surface area contributed by atoms with Crippen LogP contribution >= 0.6 is 11.6 Å². The second kappa shape index (κ2) is 11.8. The Morgan fingerprint density at radius 2 is 1.74 bits per heavy atom. The van der Waals surface area contributed by atoms with E-state index in [1.165, 1.54) is 11.3 Å². The first-order valence-electron chi connectivity index (χ1n) is 5.94. The predicted molar refractivity (Wildman–Crippen MR) is 76.7 cm³/mol. The highest BCUT2D eigenvalue weighted by Gasteiger charge is 2.21. The van der Waals surface area contributed by atoms with Crippen molar-refractivity contribution in [3.63, 3.8) is 0 Å². The molecule has 108 valence electrons. The molecule has 1 saturated heterocycles. The SMILES string of the molecule is CCl.O=C(O)N1CCN[C@H](CO)C1.c1ccccc1. The van der Waals surface area contributed by atoms with Gasteiger partial charge in [0.2, 0.25) is 0 Å². The minimum absolute atomic E-state index is 0.0101. The maximum absolute atomic E-state index is 10.4. The topological polar surface area (TPSA) is 72.8 Å². The summed E-state index contributed by atoms with van der Waals surface area (Å²) >= 11 is 4.64. The number of hydrogen-bond acceptors (Lipinski definition) is 3. The first kappa shape index (κ1) is 17.7. The molecule has 0 unspecified atom stereocenters. The van der Waals surface area contributed by atoms with Crippen LogP contribution in [0.5, 0.6) is 0 Å². The smallest absolute Gasteiger partial charge is 0.407 e. The maximum atomic E-state index is 10.4. The van der Waals surface area contributed by atoms with E-state index in [1.54, 1.807) is 0 Å². The Kier molecular flexibility index (Phi) is 11.0. The van der Waals surface area contributed by atoms with Crippen LogP contribution < -0.4 is 5.32 Å². The lowest BCUT2D eigenvalue weighted by Crippen LogP contribution is -2.53. The number of halogens is 1. The fourth-order valence-electron chi connectivity index (χ4n) is 1.51. The summed E-state index contributed by atoms with van der Waals surface area (Å²) in [5.41, 5.74) is 0. The van der Waals surface area contributed by atoms with Crippen molar-refractivity contribution < 1.29 is 15.0 Å². The number of amides is 1. The number of aliphatic hydroxyl groups excluding tert-OH is 1. The van der Waals surface area contributed by atoms with Crippen molar-refractivity contribution >= 4 is 17.7 Å². The van der Waals surface area contributed by atoms with Crippen molar-refractivity contribution in [1.29, 1.82) is 0 Å². The summed E-state index contributed by atoms with van der Waals surface area (Å²) in [4.78, 5) is 11.7. The van der Waals surface area contributed by atoms with Crippen molar-refractivity contribution in [1.82, 2.24) is 10.2 Å². The van der Waals surface area contributed by atoms with Crippen molar-refractivity contribution in [3.8, 4) is 0 Å². The maximum Gasteiger partial charge on any atom is 0.407 e. The molecule has 0 spiro atoms. The van der Waals surface area contributed by atoms with Crippen LogP contribution in [-0.4, -0.2) is 59.9 Å². The van der Waals surface area contributed by atoms with Crippen molar-refractivity contribution in [3.05, 3.63) is 36.4 Å². The monoisotopic (exact) mass is 288 g/mol. The Labute approximate surface area is 118 Å². The molecule has 0 saturated carbocycles. The van der Waals surface area contributed by atoms with Crippen LogP contribution in [0, 0.1) is 0 Å². The zero-order valence-electron chi connectivity index (χ0n) is 11.0. The number of piperazine rings is 1. The average Bonchev–Trinajstić information content (AvgIpc) is 2.51. The van der Waals surface area contributed by atoms with Gasteiger partial charge in [0.15, 0.2) is 0 Å². The van der Waals surface area contributed by atoms with E-state index < -0.39 is 6.09 Å². The lowest BCUT2D eigenvalue weighted by molar-refractivity contribution is 0.115. The fraction of sp³-hybridized carbons (Fsp3) is 0.462. The van der Waals surface area contributed by atoms with Gasteiger partial charge in [-0.05, 0) is 0 Å². The van der Waals surface area contributed by atoms with Crippen molar-refractivity contribution in [2.75, 3.05) is 32.6 Å². The van der Waals surface area contributed by atoms with Gasteiger partial charge in [0.1, 0.15) is 0 Å². The molecule has 1 aliphatic rings. The van der Waals surface area contributed by atoms with Crippen LogP contribution in [0.25, 0.3) is 0 Å². The van der Waals surface area contributed by atoms with Gasteiger partial charge in [0, 0.05) is 32.1 Å². The zero-order valence-corrected chi connectivity index (χ0v) is 11.8. The molecular formula is C13H21ClN2O3. The summed E-state index contributed by atoms with van der Waals surface area (Å²) in [6.07, 6.45) is 0.560. The van der Waals surface area contributed by atoms with Crippen LogP contribution in [0.3, 0.4) is 0 Å². The van der Waals surface area contributed by atoms with Gasteiger partial charge in [0.25, 0.3) is 0 Å². The molecule has 1 aromatic carbocycles. The van der Waals surface area contributed by atoms with E-state index >= 15 is 0 Å². The number of hydrogen-bond donors (Lipinski definition) is 3. The molecule has 6 heteroatoms. The minimum Gasteiger partial charge on any atom is -0.465 e.